The van der Waals surface area contributed by atoms with Crippen LogP contribution in [0.25, 0.3) is 10.9 Å². The second-order valence-electron chi connectivity index (χ2n) is 7.83. The fourth-order valence-corrected chi connectivity index (χ4v) is 4.34. The Morgan fingerprint density at radius 2 is 1.85 bits per heavy atom. The van der Waals surface area contributed by atoms with E-state index < -0.39 is 0 Å². The van der Waals surface area contributed by atoms with Gasteiger partial charge in [-0.3, -0.25) is 9.69 Å². The number of likely N-dealkylation sites (N-methyl/N-ethyl adjacent to an activating group) is 2. The predicted molar refractivity (Wildman–Crippen MR) is 110 cm³/mol. The molecule has 0 saturated carbocycles. The quantitative estimate of drug-likeness (QED) is 0.713. The first kappa shape index (κ1) is 17.8. The molecule has 1 aromatic heterocycles. The number of hydrogen-bond acceptors (Lipinski definition) is 2. The van der Waals surface area contributed by atoms with Gasteiger partial charge in [0.2, 0.25) is 0 Å². The highest BCUT2D eigenvalue weighted by molar-refractivity contribution is 5.99. The number of carbonyl (C=O) groups is 1. The zero-order valence-electron chi connectivity index (χ0n) is 16.6. The molecule has 0 fully saturated rings. The Bertz CT molecular complexity index is 1000. The van der Waals surface area contributed by atoms with Crippen molar-refractivity contribution < 1.29 is 4.79 Å². The third-order valence-electron chi connectivity index (χ3n) is 5.93. The Labute approximate surface area is 161 Å². The predicted octanol–water partition coefficient (Wildman–Crippen LogP) is 3.62. The molecule has 0 aliphatic carbocycles. The zero-order valence-corrected chi connectivity index (χ0v) is 16.6. The highest BCUT2D eigenvalue weighted by atomic mass is 16.2. The van der Waals surface area contributed by atoms with Crippen molar-refractivity contribution in [2.24, 2.45) is 7.05 Å². The van der Waals surface area contributed by atoms with Crippen molar-refractivity contribution in [2.45, 2.75) is 25.9 Å². The van der Waals surface area contributed by atoms with Gasteiger partial charge in [-0.1, -0.05) is 42.5 Å². The molecular weight excluding hydrogens is 334 g/mol. The molecular formula is C23H27N3O. The van der Waals surface area contributed by atoms with Crippen molar-refractivity contribution in [1.29, 1.82) is 0 Å². The lowest BCUT2D eigenvalue weighted by molar-refractivity contribution is 0.0724. The van der Waals surface area contributed by atoms with Crippen LogP contribution in [-0.2, 0) is 20.0 Å². The van der Waals surface area contributed by atoms with Gasteiger partial charge in [-0.2, -0.15) is 0 Å². The molecule has 1 aliphatic rings. The van der Waals surface area contributed by atoms with Crippen LogP contribution in [0.2, 0.25) is 0 Å². The van der Waals surface area contributed by atoms with Crippen LogP contribution in [0.1, 0.15) is 27.2 Å². The molecule has 0 bridgehead atoms. The van der Waals surface area contributed by atoms with Crippen LogP contribution in [0.3, 0.4) is 0 Å². The molecule has 2 aromatic carbocycles. The summed E-state index contributed by atoms with van der Waals surface area (Å²) in [6.07, 6.45) is 0.985. The number of carbonyl (C=O) groups excluding carboxylic acids is 1. The summed E-state index contributed by atoms with van der Waals surface area (Å²) < 4.78 is 2.03. The summed E-state index contributed by atoms with van der Waals surface area (Å²) in [5.41, 5.74) is 5.88. The monoisotopic (exact) mass is 361 g/mol. The van der Waals surface area contributed by atoms with Crippen LogP contribution in [0, 0.1) is 6.92 Å². The topological polar surface area (TPSA) is 28.5 Å². The smallest absolute Gasteiger partial charge is 0.270 e. The van der Waals surface area contributed by atoms with Crippen LogP contribution in [0.5, 0.6) is 0 Å². The first-order valence-corrected chi connectivity index (χ1v) is 9.53. The molecule has 0 radical (unpaired) electrons. The average Bonchev–Trinajstić information content (AvgIpc) is 2.99. The summed E-state index contributed by atoms with van der Waals surface area (Å²) in [5, 5.41) is 1.12. The number of nitrogens with zero attached hydrogens (tertiary/aromatic N) is 3. The Hall–Kier alpha value is -2.59. The van der Waals surface area contributed by atoms with E-state index in [1.54, 1.807) is 0 Å². The molecule has 4 heteroatoms. The molecule has 4 rings (SSSR count). The molecule has 1 amide bonds. The van der Waals surface area contributed by atoms with Gasteiger partial charge in [0.05, 0.1) is 5.52 Å². The molecule has 0 spiro atoms. The van der Waals surface area contributed by atoms with E-state index in [4.69, 9.17) is 0 Å². The molecule has 140 valence electrons. The molecule has 2 heterocycles. The molecule has 0 saturated heterocycles. The second kappa shape index (κ2) is 6.86. The molecule has 27 heavy (non-hydrogen) atoms. The zero-order chi connectivity index (χ0) is 19.1. The standard InChI is InChI=1S/C23H27N3O/c1-16-8-7-11-18-13-21(26(4)22(16)18)23(27)25(3)15-20-12-17-9-5-6-10-19(17)14-24(20)2/h5-11,13,20H,12,14-15H2,1-4H3. The van der Waals surface area contributed by atoms with Crippen molar-refractivity contribution >= 4 is 16.8 Å². The number of fused-ring (bicyclic) bond motifs is 2. The Morgan fingerprint density at radius 1 is 1.11 bits per heavy atom. The maximum Gasteiger partial charge on any atom is 0.270 e. The fourth-order valence-electron chi connectivity index (χ4n) is 4.34. The number of aryl methyl sites for hydroxylation is 2. The van der Waals surface area contributed by atoms with E-state index in [2.05, 4.69) is 55.3 Å². The number of para-hydroxylation sites is 1. The van der Waals surface area contributed by atoms with Gasteiger partial charge < -0.3 is 9.47 Å². The highest BCUT2D eigenvalue weighted by Crippen LogP contribution is 2.25. The van der Waals surface area contributed by atoms with Crippen LogP contribution in [-0.4, -0.2) is 47.0 Å². The van der Waals surface area contributed by atoms with Gasteiger partial charge in [0.15, 0.2) is 0 Å². The first-order valence-electron chi connectivity index (χ1n) is 9.53. The normalized spacial score (nSPS) is 17.1. The molecule has 1 aliphatic heterocycles. The molecule has 4 nitrogen and oxygen atoms in total. The molecule has 3 aromatic rings. The Balaban J connectivity index is 1.55. The van der Waals surface area contributed by atoms with Crippen molar-refractivity contribution in [1.82, 2.24) is 14.4 Å². The second-order valence-corrected chi connectivity index (χ2v) is 7.83. The lowest BCUT2D eigenvalue weighted by atomic mass is 9.94. The Kier molecular flexibility index (Phi) is 4.52. The number of rotatable bonds is 3. The van der Waals surface area contributed by atoms with Crippen molar-refractivity contribution in [2.75, 3.05) is 20.6 Å². The van der Waals surface area contributed by atoms with Gasteiger partial charge in [0.1, 0.15) is 5.69 Å². The summed E-state index contributed by atoms with van der Waals surface area (Å²) >= 11 is 0. The van der Waals surface area contributed by atoms with Gasteiger partial charge in [-0.15, -0.1) is 0 Å². The minimum absolute atomic E-state index is 0.0837. The lowest BCUT2D eigenvalue weighted by Gasteiger charge is -2.36. The van der Waals surface area contributed by atoms with Crippen molar-refractivity contribution in [3.8, 4) is 0 Å². The minimum atomic E-state index is 0.0837. The third kappa shape index (κ3) is 3.15. The van der Waals surface area contributed by atoms with Crippen LogP contribution in [0.4, 0.5) is 0 Å². The van der Waals surface area contributed by atoms with Crippen LogP contribution in [0.15, 0.2) is 48.5 Å². The van der Waals surface area contributed by atoms with E-state index in [-0.39, 0.29) is 5.91 Å². The molecule has 0 N–H and O–H groups in total. The van der Waals surface area contributed by atoms with E-state index in [9.17, 15) is 4.79 Å². The third-order valence-corrected chi connectivity index (χ3v) is 5.93. The lowest BCUT2D eigenvalue weighted by Crippen LogP contribution is -2.46. The van der Waals surface area contributed by atoms with Gasteiger partial charge in [0.25, 0.3) is 5.91 Å². The fraction of sp³-hybridized carbons (Fsp3) is 0.348. The molecule has 1 atom stereocenters. The van der Waals surface area contributed by atoms with E-state index in [1.807, 2.05) is 35.7 Å². The van der Waals surface area contributed by atoms with Crippen molar-refractivity contribution in [3.63, 3.8) is 0 Å². The number of aromatic nitrogens is 1. The highest BCUT2D eigenvalue weighted by Gasteiger charge is 2.27. The Morgan fingerprint density at radius 3 is 2.59 bits per heavy atom. The number of amides is 1. The van der Waals surface area contributed by atoms with Gasteiger partial charge >= 0.3 is 0 Å². The first-order chi connectivity index (χ1) is 13.0. The van der Waals surface area contributed by atoms with E-state index in [0.29, 0.717) is 6.04 Å². The van der Waals surface area contributed by atoms with E-state index >= 15 is 0 Å². The number of hydrogen-bond donors (Lipinski definition) is 0. The summed E-state index contributed by atoms with van der Waals surface area (Å²) in [5.74, 6) is 0.0837. The van der Waals surface area contributed by atoms with E-state index in [1.165, 1.54) is 16.7 Å². The van der Waals surface area contributed by atoms with Crippen molar-refractivity contribution in [3.05, 3.63) is 70.9 Å². The minimum Gasteiger partial charge on any atom is -0.339 e. The summed E-state index contributed by atoms with van der Waals surface area (Å²) in [6.45, 7) is 3.76. The maximum absolute atomic E-state index is 13.2. The van der Waals surface area contributed by atoms with E-state index in [0.717, 1.165) is 36.1 Å². The summed E-state index contributed by atoms with van der Waals surface area (Å²) in [7, 11) is 6.06. The average molecular weight is 361 g/mol. The SMILES string of the molecule is Cc1cccc2cc(C(=O)N(C)CC3Cc4ccccc4CN3C)n(C)c12. The van der Waals surface area contributed by atoms with Gasteiger partial charge in [-0.25, -0.2) is 0 Å². The largest absolute Gasteiger partial charge is 0.339 e. The summed E-state index contributed by atoms with van der Waals surface area (Å²) in [6, 6.07) is 17.2. The summed E-state index contributed by atoms with van der Waals surface area (Å²) in [4.78, 5) is 17.4. The van der Waals surface area contributed by atoms with Gasteiger partial charge in [0, 0.05) is 38.6 Å². The number of benzene rings is 2. The van der Waals surface area contributed by atoms with Gasteiger partial charge in [-0.05, 0) is 43.1 Å². The van der Waals surface area contributed by atoms with Crippen LogP contribution < -0.4 is 0 Å². The maximum atomic E-state index is 13.2. The van der Waals surface area contributed by atoms with Crippen LogP contribution >= 0.6 is 0 Å². The molecule has 1 unspecified atom stereocenters.